The van der Waals surface area contributed by atoms with Crippen molar-refractivity contribution in [3.8, 4) is 0 Å². The highest BCUT2D eigenvalue weighted by Crippen LogP contribution is 2.16. The second kappa shape index (κ2) is 7.22. The van der Waals surface area contributed by atoms with Gasteiger partial charge in [-0.25, -0.2) is 15.0 Å². The standard InChI is InChI=1S/C16H17N5O2S/c1-24(22)14-8-18-16(19-9-14)21-12-5-2-11(3-6-12)4-7-13-10-23-15(17)20-13/h2-9,13H,10H2,1H3,(H2,17,20)(H,18,19,21)/t13-,24?/m0/s1. The average molecular weight is 343 g/mol. The monoisotopic (exact) mass is 343 g/mol. The van der Waals surface area contributed by atoms with Crippen molar-refractivity contribution >= 4 is 34.5 Å². The number of amidine groups is 1. The molecule has 1 aromatic carbocycles. The molecule has 0 saturated carbocycles. The van der Waals surface area contributed by atoms with Gasteiger partial charge in [-0.1, -0.05) is 24.3 Å². The summed E-state index contributed by atoms with van der Waals surface area (Å²) in [5.41, 5.74) is 7.38. The molecule has 0 fully saturated rings. The van der Waals surface area contributed by atoms with Crippen molar-refractivity contribution in [1.29, 1.82) is 0 Å². The molecule has 0 radical (unpaired) electrons. The van der Waals surface area contributed by atoms with Gasteiger partial charge in [0.25, 0.3) is 6.02 Å². The van der Waals surface area contributed by atoms with Crippen molar-refractivity contribution < 1.29 is 8.95 Å². The van der Waals surface area contributed by atoms with E-state index in [2.05, 4.69) is 20.3 Å². The zero-order valence-electron chi connectivity index (χ0n) is 13.0. The van der Waals surface area contributed by atoms with Crippen LogP contribution in [0.2, 0.25) is 0 Å². The molecule has 1 unspecified atom stereocenters. The third-order valence-electron chi connectivity index (χ3n) is 3.33. The Labute approximate surface area is 142 Å². The van der Waals surface area contributed by atoms with Gasteiger partial charge in [-0.05, 0) is 17.7 Å². The predicted molar refractivity (Wildman–Crippen MR) is 94.5 cm³/mol. The topological polar surface area (TPSA) is 102 Å². The molecule has 0 spiro atoms. The molecule has 8 heteroatoms. The van der Waals surface area contributed by atoms with Crippen LogP contribution in [0.5, 0.6) is 0 Å². The molecule has 2 aromatic rings. The Bertz CT molecular complexity index is 787. The first kappa shape index (κ1) is 16.1. The van der Waals surface area contributed by atoms with Crippen LogP contribution in [-0.2, 0) is 15.5 Å². The molecule has 124 valence electrons. The van der Waals surface area contributed by atoms with Crippen LogP contribution in [-0.4, -0.2) is 39.1 Å². The van der Waals surface area contributed by atoms with Gasteiger partial charge in [0, 0.05) is 24.3 Å². The first-order valence-corrected chi connectivity index (χ1v) is 8.83. The number of rotatable bonds is 5. The average Bonchev–Trinajstić information content (AvgIpc) is 3.00. The Balaban J connectivity index is 1.62. The van der Waals surface area contributed by atoms with Crippen LogP contribution in [0.15, 0.2) is 52.6 Å². The Kier molecular flexibility index (Phi) is 4.85. The van der Waals surface area contributed by atoms with Crippen LogP contribution in [0.3, 0.4) is 0 Å². The minimum atomic E-state index is -1.08. The first-order valence-electron chi connectivity index (χ1n) is 7.27. The summed E-state index contributed by atoms with van der Waals surface area (Å²) < 4.78 is 16.4. The zero-order valence-corrected chi connectivity index (χ0v) is 13.9. The molecular formula is C16H17N5O2S. The van der Waals surface area contributed by atoms with Crippen LogP contribution in [0.1, 0.15) is 5.56 Å². The van der Waals surface area contributed by atoms with Gasteiger partial charge in [-0.3, -0.25) is 4.21 Å². The lowest BCUT2D eigenvalue weighted by atomic mass is 10.1. The summed E-state index contributed by atoms with van der Waals surface area (Å²) in [5.74, 6) is 0.459. The Morgan fingerprint density at radius 2 is 2.00 bits per heavy atom. The Morgan fingerprint density at radius 1 is 1.29 bits per heavy atom. The van der Waals surface area contributed by atoms with Gasteiger partial charge in [0.2, 0.25) is 5.95 Å². The summed E-state index contributed by atoms with van der Waals surface area (Å²) in [7, 11) is -1.08. The van der Waals surface area contributed by atoms with Gasteiger partial charge in [-0.2, -0.15) is 0 Å². The lowest BCUT2D eigenvalue weighted by Crippen LogP contribution is -2.10. The Morgan fingerprint density at radius 3 is 2.58 bits per heavy atom. The second-order valence-electron chi connectivity index (χ2n) is 5.15. The summed E-state index contributed by atoms with van der Waals surface area (Å²) in [6.45, 7) is 0.484. The maximum Gasteiger partial charge on any atom is 0.282 e. The van der Waals surface area contributed by atoms with Crippen LogP contribution in [0.4, 0.5) is 11.6 Å². The number of benzene rings is 1. The molecule has 3 N–H and O–H groups in total. The zero-order chi connectivity index (χ0) is 16.9. The quantitative estimate of drug-likeness (QED) is 0.856. The number of aliphatic imine (C=N–C) groups is 1. The minimum Gasteiger partial charge on any atom is -0.463 e. The van der Waals surface area contributed by atoms with Gasteiger partial charge in [0.05, 0.1) is 15.7 Å². The molecule has 0 amide bonds. The molecule has 24 heavy (non-hydrogen) atoms. The van der Waals surface area contributed by atoms with Gasteiger partial charge in [0.15, 0.2) is 0 Å². The van der Waals surface area contributed by atoms with E-state index in [1.807, 2.05) is 36.4 Å². The number of ether oxygens (including phenoxy) is 1. The fourth-order valence-electron chi connectivity index (χ4n) is 2.07. The molecule has 0 bridgehead atoms. The van der Waals surface area contributed by atoms with E-state index in [1.54, 1.807) is 18.6 Å². The molecule has 1 aliphatic heterocycles. The molecule has 2 atom stereocenters. The molecule has 1 aliphatic rings. The fourth-order valence-corrected chi connectivity index (χ4v) is 2.47. The third kappa shape index (κ3) is 4.17. The predicted octanol–water partition coefficient (Wildman–Crippen LogP) is 1.68. The fraction of sp³-hybridized carbons (Fsp3) is 0.188. The largest absolute Gasteiger partial charge is 0.463 e. The maximum absolute atomic E-state index is 11.3. The van der Waals surface area contributed by atoms with Crippen molar-refractivity contribution in [3.05, 3.63) is 48.3 Å². The lowest BCUT2D eigenvalue weighted by Gasteiger charge is -2.05. The van der Waals surface area contributed by atoms with E-state index in [-0.39, 0.29) is 12.1 Å². The number of nitrogens with zero attached hydrogens (tertiary/aromatic N) is 3. The van der Waals surface area contributed by atoms with Gasteiger partial charge < -0.3 is 15.8 Å². The van der Waals surface area contributed by atoms with Crippen molar-refractivity contribution in [3.63, 3.8) is 0 Å². The molecular weight excluding hydrogens is 326 g/mol. The molecule has 0 aliphatic carbocycles. The van der Waals surface area contributed by atoms with E-state index in [1.165, 1.54) is 0 Å². The smallest absolute Gasteiger partial charge is 0.282 e. The number of hydrogen-bond acceptors (Lipinski definition) is 7. The van der Waals surface area contributed by atoms with Crippen LogP contribution >= 0.6 is 0 Å². The summed E-state index contributed by atoms with van der Waals surface area (Å²) in [5, 5.41) is 3.10. The first-order chi connectivity index (χ1) is 11.6. The molecule has 0 saturated heterocycles. The second-order valence-corrected chi connectivity index (χ2v) is 6.53. The number of nitrogens with one attached hydrogen (secondary N) is 1. The van der Waals surface area contributed by atoms with Crippen molar-refractivity contribution in [2.45, 2.75) is 10.9 Å². The highest BCUT2D eigenvalue weighted by Gasteiger charge is 2.12. The Hall–Kier alpha value is -2.74. The number of hydrogen-bond donors (Lipinski definition) is 2. The molecule has 1 aromatic heterocycles. The minimum absolute atomic E-state index is 0.0289. The SMILES string of the molecule is CS(=O)c1cnc(Nc2ccc(C=C[C@H]3COC(N)=N3)cc2)nc1. The summed E-state index contributed by atoms with van der Waals surface area (Å²) in [6, 6.07) is 8.00. The van der Waals surface area contributed by atoms with E-state index in [9.17, 15) is 4.21 Å². The third-order valence-corrected chi connectivity index (χ3v) is 4.21. The normalized spacial score (nSPS) is 18.2. The van der Waals surface area contributed by atoms with Gasteiger partial charge >= 0.3 is 0 Å². The van der Waals surface area contributed by atoms with Gasteiger partial charge in [-0.15, -0.1) is 0 Å². The number of aromatic nitrogens is 2. The highest BCUT2D eigenvalue weighted by atomic mass is 32.2. The van der Waals surface area contributed by atoms with E-state index in [0.29, 0.717) is 17.5 Å². The number of anilines is 2. The number of nitrogens with two attached hydrogens (primary N) is 1. The van der Waals surface area contributed by atoms with Crippen LogP contribution < -0.4 is 11.1 Å². The van der Waals surface area contributed by atoms with E-state index < -0.39 is 10.8 Å². The maximum atomic E-state index is 11.3. The highest BCUT2D eigenvalue weighted by molar-refractivity contribution is 7.84. The lowest BCUT2D eigenvalue weighted by molar-refractivity contribution is 0.327. The summed E-state index contributed by atoms with van der Waals surface area (Å²) >= 11 is 0. The summed E-state index contributed by atoms with van der Waals surface area (Å²) in [6.07, 6.45) is 8.63. The van der Waals surface area contributed by atoms with E-state index in [0.717, 1.165) is 11.3 Å². The summed E-state index contributed by atoms with van der Waals surface area (Å²) in [4.78, 5) is 13.0. The van der Waals surface area contributed by atoms with Crippen molar-refractivity contribution in [2.24, 2.45) is 10.7 Å². The molecule has 7 nitrogen and oxygen atoms in total. The van der Waals surface area contributed by atoms with Gasteiger partial charge in [0.1, 0.15) is 12.6 Å². The van der Waals surface area contributed by atoms with E-state index >= 15 is 0 Å². The van der Waals surface area contributed by atoms with Crippen molar-refractivity contribution in [1.82, 2.24) is 9.97 Å². The van der Waals surface area contributed by atoms with Crippen LogP contribution in [0.25, 0.3) is 6.08 Å². The molecule has 2 heterocycles. The van der Waals surface area contributed by atoms with Crippen molar-refractivity contribution in [2.75, 3.05) is 18.2 Å². The van der Waals surface area contributed by atoms with E-state index in [4.69, 9.17) is 10.5 Å². The van der Waals surface area contributed by atoms with Crippen LogP contribution in [0, 0.1) is 0 Å². The molecule has 3 rings (SSSR count).